The highest BCUT2D eigenvalue weighted by molar-refractivity contribution is 9.10. The summed E-state index contributed by atoms with van der Waals surface area (Å²) < 4.78 is 8.75. The molecule has 4 heterocycles. The Balaban J connectivity index is 1.18. The maximum Gasteiger partial charge on any atom is 0.242 e. The number of methoxy groups -OCH3 is 1. The molecule has 3 aromatic carbocycles. The second-order valence-corrected chi connectivity index (χ2v) is 17.2. The molecule has 6 unspecified atom stereocenters. The third kappa shape index (κ3) is 4.78. The largest absolute Gasteiger partial charge is 0.504 e. The zero-order chi connectivity index (χ0) is 38.0. The van der Waals surface area contributed by atoms with Crippen molar-refractivity contribution in [1.82, 2.24) is 9.78 Å². The number of aryl methyl sites for hydroxylation is 2. The summed E-state index contributed by atoms with van der Waals surface area (Å²) in [5, 5.41) is 18.2. The van der Waals surface area contributed by atoms with Crippen LogP contribution in [-0.4, -0.2) is 45.6 Å². The Bertz CT molecular complexity index is 2510. The van der Waals surface area contributed by atoms with Crippen LogP contribution < -0.4 is 14.5 Å². The van der Waals surface area contributed by atoms with Crippen LogP contribution >= 0.6 is 38.9 Å². The van der Waals surface area contributed by atoms with Gasteiger partial charge in [-0.15, -0.1) is 11.3 Å². The molecule has 54 heavy (non-hydrogen) atoms. The Hall–Kier alpha value is -4.78. The number of nitrogens with zero attached hydrogens (tertiary/aromatic N) is 4. The highest BCUT2D eigenvalue weighted by atomic mass is 79.9. The van der Waals surface area contributed by atoms with E-state index in [1.54, 1.807) is 72.5 Å². The van der Waals surface area contributed by atoms with Gasteiger partial charge in [0.15, 0.2) is 11.5 Å². The minimum atomic E-state index is -1.38. The number of imide groups is 2. The fraction of sp³-hybridized carbons (Fsp3) is 0.293. The fourth-order valence-electron chi connectivity index (χ4n) is 9.59. The van der Waals surface area contributed by atoms with E-state index in [1.807, 2.05) is 37.3 Å². The molecule has 4 aliphatic rings. The van der Waals surface area contributed by atoms with Crippen LogP contribution in [0.4, 0.5) is 11.5 Å². The quantitative estimate of drug-likeness (QED) is 0.140. The van der Waals surface area contributed by atoms with E-state index in [-0.39, 0.29) is 36.2 Å². The van der Waals surface area contributed by atoms with Gasteiger partial charge in [0, 0.05) is 38.8 Å². The van der Waals surface area contributed by atoms with E-state index in [2.05, 4.69) is 15.9 Å². The van der Waals surface area contributed by atoms with E-state index >= 15 is 4.79 Å². The second-order valence-electron chi connectivity index (χ2n) is 14.8. The molecule has 274 valence electrons. The number of aromatic nitrogens is 2. The summed E-state index contributed by atoms with van der Waals surface area (Å²) in [7, 11) is 3.16. The van der Waals surface area contributed by atoms with E-state index < -0.39 is 46.8 Å². The summed E-state index contributed by atoms with van der Waals surface area (Å²) in [5.41, 5.74) is 1.88. The molecular formula is C41H34BrClN4O6S. The summed E-state index contributed by atoms with van der Waals surface area (Å²) in [6.07, 6.45) is 2.42. The molecule has 2 aliphatic carbocycles. The first-order valence-electron chi connectivity index (χ1n) is 17.7. The second kappa shape index (κ2) is 12.4. The number of thiophene rings is 1. The van der Waals surface area contributed by atoms with Crippen molar-refractivity contribution >= 4 is 84.1 Å². The molecule has 1 saturated carbocycles. The van der Waals surface area contributed by atoms with Crippen LogP contribution in [-0.2, 0) is 26.2 Å². The monoisotopic (exact) mass is 824 g/mol. The summed E-state index contributed by atoms with van der Waals surface area (Å²) in [6.45, 7) is 3.79. The molecular weight excluding hydrogens is 792 g/mol. The highest BCUT2D eigenvalue weighted by Crippen LogP contribution is 2.65. The first-order chi connectivity index (χ1) is 25.8. The van der Waals surface area contributed by atoms with E-state index in [1.165, 1.54) is 16.9 Å². The summed E-state index contributed by atoms with van der Waals surface area (Å²) >= 11 is 11.4. The lowest BCUT2D eigenvalue weighted by atomic mass is 9.51. The molecule has 0 spiro atoms. The van der Waals surface area contributed by atoms with E-state index in [4.69, 9.17) is 21.4 Å². The van der Waals surface area contributed by atoms with Crippen LogP contribution in [0.25, 0.3) is 20.7 Å². The lowest BCUT2D eigenvalue weighted by molar-refractivity contribution is -0.131. The minimum Gasteiger partial charge on any atom is -0.504 e. The molecule has 4 amide bonds. The predicted octanol–water partition coefficient (Wildman–Crippen LogP) is 8.18. The third-order valence-electron chi connectivity index (χ3n) is 12.1. The Morgan fingerprint density at radius 2 is 1.74 bits per heavy atom. The Morgan fingerprint density at radius 3 is 2.48 bits per heavy atom. The number of ether oxygens (including phenoxy) is 1. The average Bonchev–Trinajstić information content (AvgIpc) is 3.83. The molecule has 3 fully saturated rings. The normalized spacial score (nSPS) is 26.3. The van der Waals surface area contributed by atoms with Crippen LogP contribution in [0.5, 0.6) is 11.5 Å². The zero-order valence-electron chi connectivity index (χ0n) is 29.7. The maximum atomic E-state index is 15.2. The van der Waals surface area contributed by atoms with E-state index in [0.29, 0.717) is 32.3 Å². The standard InChI is InChI=1S/C41H34BrClN4O6S/c1-19-25-16-21(43)10-13-31(25)54-36(19)29-18-32(45(3)44-29)47-38(50)28-17-26-23(11-12-24-33(26)39(51)46(37(24)49)22-8-6-5-7-9-22)34(41(28,2)40(47)52)27-14-20(42)15-30(53-4)35(27)48/h5-11,13-16,18,24,26,28,33-34,48H,12,17H2,1-4H3. The number of hydrogen-bond donors (Lipinski definition) is 1. The number of halogens is 2. The van der Waals surface area contributed by atoms with Gasteiger partial charge in [-0.1, -0.05) is 57.4 Å². The van der Waals surface area contributed by atoms with Gasteiger partial charge in [-0.3, -0.25) is 28.8 Å². The van der Waals surface area contributed by atoms with Crippen LogP contribution in [0.15, 0.2) is 82.9 Å². The summed E-state index contributed by atoms with van der Waals surface area (Å²) in [6, 6.07) is 19.7. The molecule has 0 bridgehead atoms. The molecule has 2 aliphatic heterocycles. The van der Waals surface area contributed by atoms with Crippen molar-refractivity contribution in [2.24, 2.45) is 36.1 Å². The number of phenols is 1. The predicted molar refractivity (Wildman–Crippen MR) is 210 cm³/mol. The maximum absolute atomic E-state index is 15.2. The number of fused-ring (bicyclic) bond motifs is 5. The Labute approximate surface area is 328 Å². The SMILES string of the molecule is COc1cc(Br)cc(C2C3=CCC4C(=O)N(c5ccccc5)C(=O)C4C3CC3C(=O)N(c4cc(-c5sc6ccc(Cl)cc6c5C)nn4C)C(=O)C32C)c1O. The van der Waals surface area contributed by atoms with Crippen molar-refractivity contribution in [1.29, 1.82) is 0 Å². The van der Waals surface area contributed by atoms with E-state index in [9.17, 15) is 19.5 Å². The van der Waals surface area contributed by atoms with Crippen molar-refractivity contribution in [2.45, 2.75) is 32.6 Å². The molecule has 6 atom stereocenters. The molecule has 1 N–H and O–H groups in total. The van der Waals surface area contributed by atoms with Gasteiger partial charge in [0.1, 0.15) is 11.5 Å². The van der Waals surface area contributed by atoms with Gasteiger partial charge < -0.3 is 9.84 Å². The van der Waals surface area contributed by atoms with Gasteiger partial charge in [-0.25, -0.2) is 4.90 Å². The van der Waals surface area contributed by atoms with Crippen LogP contribution in [0.2, 0.25) is 5.02 Å². The number of carbonyl (C=O) groups is 4. The molecule has 2 saturated heterocycles. The van der Waals surface area contributed by atoms with Gasteiger partial charge in [0.2, 0.25) is 23.6 Å². The van der Waals surface area contributed by atoms with Gasteiger partial charge in [-0.05, 0) is 86.0 Å². The number of para-hydroxylation sites is 1. The number of amides is 4. The van der Waals surface area contributed by atoms with Crippen LogP contribution in [0.1, 0.15) is 36.8 Å². The lowest BCUT2D eigenvalue weighted by Gasteiger charge is -2.49. The smallest absolute Gasteiger partial charge is 0.242 e. The number of carbonyl (C=O) groups excluding carboxylic acids is 4. The van der Waals surface area contributed by atoms with Crippen molar-refractivity contribution in [3.8, 4) is 22.1 Å². The van der Waals surface area contributed by atoms with Gasteiger partial charge >= 0.3 is 0 Å². The first-order valence-corrected chi connectivity index (χ1v) is 19.6. The van der Waals surface area contributed by atoms with Crippen molar-refractivity contribution in [2.75, 3.05) is 16.9 Å². The van der Waals surface area contributed by atoms with Gasteiger partial charge in [-0.2, -0.15) is 5.10 Å². The molecule has 5 aromatic rings. The van der Waals surface area contributed by atoms with Crippen molar-refractivity contribution < 1.29 is 29.0 Å². The number of phenolic OH excluding ortho intramolecular Hbond substituents is 1. The summed E-state index contributed by atoms with van der Waals surface area (Å²) in [5.74, 6) is -4.72. The molecule has 2 aromatic heterocycles. The first kappa shape index (κ1) is 35.0. The lowest BCUT2D eigenvalue weighted by Crippen LogP contribution is -2.49. The van der Waals surface area contributed by atoms with Crippen LogP contribution in [0, 0.1) is 36.0 Å². The summed E-state index contributed by atoms with van der Waals surface area (Å²) in [4.78, 5) is 61.8. The number of hydrogen-bond acceptors (Lipinski definition) is 8. The number of rotatable bonds is 5. The van der Waals surface area contributed by atoms with E-state index in [0.717, 1.165) is 26.1 Å². The number of aromatic hydroxyl groups is 1. The van der Waals surface area contributed by atoms with Crippen molar-refractivity contribution in [3.63, 3.8) is 0 Å². The molecule has 9 rings (SSSR count). The topological polar surface area (TPSA) is 122 Å². The fourth-order valence-corrected chi connectivity index (χ4v) is 11.4. The van der Waals surface area contributed by atoms with Gasteiger partial charge in [0.25, 0.3) is 0 Å². The minimum absolute atomic E-state index is 0.157. The Morgan fingerprint density at radius 1 is 0.981 bits per heavy atom. The highest BCUT2D eigenvalue weighted by Gasteiger charge is 2.68. The third-order valence-corrected chi connectivity index (χ3v) is 14.1. The number of benzene rings is 3. The number of allylic oxidation sites excluding steroid dienone is 2. The number of anilines is 2. The van der Waals surface area contributed by atoms with Crippen LogP contribution in [0.3, 0.4) is 0 Å². The molecule has 13 heteroatoms. The van der Waals surface area contributed by atoms with Gasteiger partial charge in [0.05, 0.1) is 40.8 Å². The molecule has 0 radical (unpaired) electrons. The average molecular weight is 826 g/mol. The zero-order valence-corrected chi connectivity index (χ0v) is 32.8. The molecule has 10 nitrogen and oxygen atoms in total. The Kier molecular flexibility index (Phi) is 8.01. The van der Waals surface area contributed by atoms with Crippen molar-refractivity contribution in [3.05, 3.63) is 99.0 Å².